The maximum absolute atomic E-state index is 9.75. The monoisotopic (exact) mass is 465 g/mol. The molecule has 2 aromatic rings. The third-order valence-electron chi connectivity index (χ3n) is 3.82. The van der Waals surface area contributed by atoms with Crippen molar-refractivity contribution in [1.29, 1.82) is 0 Å². The Morgan fingerprint density at radius 3 is 1.84 bits per heavy atom. The number of rotatable bonds is 7. The second-order valence-corrected chi connectivity index (χ2v) is 7.10. The van der Waals surface area contributed by atoms with E-state index in [1.807, 2.05) is 0 Å². The van der Waals surface area contributed by atoms with Crippen LogP contribution in [0.25, 0.3) is 0 Å². The van der Waals surface area contributed by atoms with Crippen molar-refractivity contribution >= 4 is 29.8 Å². The predicted molar refractivity (Wildman–Crippen MR) is 106 cm³/mol. The van der Waals surface area contributed by atoms with Gasteiger partial charge in [0.15, 0.2) is 0 Å². The maximum Gasteiger partial charge on any atom is 0.673 e. The first-order valence-electron chi connectivity index (χ1n) is 8.49. The zero-order valence-electron chi connectivity index (χ0n) is 14.3. The molecule has 2 aromatic carbocycles. The highest BCUT2D eigenvalue weighted by molar-refractivity contribution is 14.1. The third-order valence-corrected chi connectivity index (χ3v) is 4.54. The number of hydrogen-bond acceptors (Lipinski definition) is 0. The molecule has 1 atom stereocenters. The Hall–Kier alpha value is -1.05. The topological polar surface area (TPSA) is 0 Å². The van der Waals surface area contributed by atoms with E-state index in [4.69, 9.17) is 0 Å². The molecule has 0 aliphatic rings. The Bertz CT molecular complexity index is 579. The van der Waals surface area contributed by atoms with Crippen LogP contribution in [0.2, 0.25) is 0 Å². The van der Waals surface area contributed by atoms with Gasteiger partial charge in [-0.15, -0.1) is 0 Å². The molecule has 0 aromatic heterocycles. The van der Waals surface area contributed by atoms with E-state index in [2.05, 4.69) is 84.1 Å². The largest absolute Gasteiger partial charge is 0.673 e. The standard InChI is InChI=1S/C19H23I.BF4/c1-2-3-4-8-11-19(16-9-6-5-7-10-16)17-12-14-18(20)15-13-17;2-1(3,4)5/h5-7,9-10,12-15,19H,2-4,8,11H2,1H3;/q;-1. The van der Waals surface area contributed by atoms with E-state index >= 15 is 0 Å². The Morgan fingerprint density at radius 2 is 1.32 bits per heavy atom. The van der Waals surface area contributed by atoms with Crippen LogP contribution in [0.4, 0.5) is 17.3 Å². The van der Waals surface area contributed by atoms with Gasteiger partial charge in [0.05, 0.1) is 0 Å². The molecule has 2 rings (SSSR count). The molecule has 6 heteroatoms. The molecular weight excluding hydrogens is 442 g/mol. The van der Waals surface area contributed by atoms with Crippen LogP contribution in [0, 0.1) is 3.57 Å². The SMILES string of the molecule is CCCCCCC(c1ccccc1)c1ccc(I)cc1.F[B-](F)(F)F. The molecule has 0 aliphatic carbocycles. The van der Waals surface area contributed by atoms with Crippen molar-refractivity contribution in [2.24, 2.45) is 0 Å². The molecule has 0 spiro atoms. The predicted octanol–water partition coefficient (Wildman–Crippen LogP) is 7.69. The molecule has 25 heavy (non-hydrogen) atoms. The van der Waals surface area contributed by atoms with E-state index in [9.17, 15) is 17.3 Å². The fourth-order valence-electron chi connectivity index (χ4n) is 2.68. The lowest BCUT2D eigenvalue weighted by Crippen LogP contribution is -2.02. The number of hydrogen-bond donors (Lipinski definition) is 0. The fraction of sp³-hybridized carbons (Fsp3) is 0.368. The quantitative estimate of drug-likeness (QED) is 0.170. The maximum atomic E-state index is 9.75. The minimum Gasteiger partial charge on any atom is -0.418 e. The molecule has 0 heterocycles. The van der Waals surface area contributed by atoms with Crippen LogP contribution >= 0.6 is 22.6 Å². The summed E-state index contributed by atoms with van der Waals surface area (Å²) in [5.41, 5.74) is 2.90. The van der Waals surface area contributed by atoms with E-state index in [-0.39, 0.29) is 0 Å². The van der Waals surface area contributed by atoms with Crippen LogP contribution in [0.3, 0.4) is 0 Å². The van der Waals surface area contributed by atoms with E-state index in [1.54, 1.807) is 0 Å². The van der Waals surface area contributed by atoms with Gasteiger partial charge in [0.1, 0.15) is 0 Å². The van der Waals surface area contributed by atoms with Gasteiger partial charge in [-0.2, -0.15) is 0 Å². The molecule has 0 amide bonds. The molecule has 0 fully saturated rings. The first-order chi connectivity index (χ1) is 11.8. The van der Waals surface area contributed by atoms with Gasteiger partial charge < -0.3 is 17.3 Å². The second-order valence-electron chi connectivity index (χ2n) is 5.86. The summed E-state index contributed by atoms with van der Waals surface area (Å²) in [5.74, 6) is 0.546. The highest BCUT2D eigenvalue weighted by Gasteiger charge is 2.20. The van der Waals surface area contributed by atoms with Gasteiger partial charge in [-0.25, -0.2) is 0 Å². The number of unbranched alkanes of at least 4 members (excludes halogenated alkanes) is 3. The third kappa shape index (κ3) is 10.5. The highest BCUT2D eigenvalue weighted by atomic mass is 127. The van der Waals surface area contributed by atoms with Crippen LogP contribution < -0.4 is 0 Å². The summed E-state index contributed by atoms with van der Waals surface area (Å²) in [4.78, 5) is 0. The van der Waals surface area contributed by atoms with Gasteiger partial charge in [-0.05, 0) is 52.3 Å². The van der Waals surface area contributed by atoms with Crippen molar-refractivity contribution < 1.29 is 17.3 Å². The average Bonchev–Trinajstić information content (AvgIpc) is 2.55. The molecule has 0 nitrogen and oxygen atoms in total. The Kier molecular flexibility index (Phi) is 10.2. The molecule has 0 bridgehead atoms. The molecule has 0 radical (unpaired) electrons. The van der Waals surface area contributed by atoms with E-state index in [0.717, 1.165) is 0 Å². The van der Waals surface area contributed by atoms with Gasteiger partial charge >= 0.3 is 7.25 Å². The van der Waals surface area contributed by atoms with Crippen LogP contribution in [0.15, 0.2) is 54.6 Å². The van der Waals surface area contributed by atoms with Gasteiger partial charge in [-0.3, -0.25) is 0 Å². The average molecular weight is 465 g/mol. The zero-order valence-corrected chi connectivity index (χ0v) is 16.4. The van der Waals surface area contributed by atoms with E-state index < -0.39 is 7.25 Å². The lowest BCUT2D eigenvalue weighted by atomic mass is 9.87. The summed E-state index contributed by atoms with van der Waals surface area (Å²) in [7, 11) is -6.00. The van der Waals surface area contributed by atoms with Crippen molar-refractivity contribution in [2.45, 2.75) is 44.9 Å². The minimum absolute atomic E-state index is 0.546. The highest BCUT2D eigenvalue weighted by Crippen LogP contribution is 2.30. The molecule has 0 saturated carbocycles. The fourth-order valence-corrected chi connectivity index (χ4v) is 3.04. The lowest BCUT2D eigenvalue weighted by Gasteiger charge is -2.18. The molecule has 0 aliphatic heterocycles. The van der Waals surface area contributed by atoms with Crippen LogP contribution in [0.1, 0.15) is 56.1 Å². The minimum atomic E-state index is -6.00. The summed E-state index contributed by atoms with van der Waals surface area (Å²) in [6, 6.07) is 20.0. The molecule has 0 N–H and O–H groups in total. The summed E-state index contributed by atoms with van der Waals surface area (Å²) in [5, 5.41) is 0. The van der Waals surface area contributed by atoms with Gasteiger partial charge in [0.2, 0.25) is 0 Å². The summed E-state index contributed by atoms with van der Waals surface area (Å²) >= 11 is 2.37. The molecule has 138 valence electrons. The number of benzene rings is 2. The molecule has 1 unspecified atom stereocenters. The van der Waals surface area contributed by atoms with Crippen molar-refractivity contribution in [3.05, 3.63) is 69.3 Å². The van der Waals surface area contributed by atoms with Crippen molar-refractivity contribution in [2.75, 3.05) is 0 Å². The van der Waals surface area contributed by atoms with E-state index in [1.165, 1.54) is 46.8 Å². The summed E-state index contributed by atoms with van der Waals surface area (Å²) in [6.45, 7) is 2.27. The first kappa shape index (κ1) is 22.0. The van der Waals surface area contributed by atoms with E-state index in [0.29, 0.717) is 5.92 Å². The Balaban J connectivity index is 0.000000550. The van der Waals surface area contributed by atoms with Crippen molar-refractivity contribution in [1.82, 2.24) is 0 Å². The van der Waals surface area contributed by atoms with Gasteiger partial charge in [-0.1, -0.05) is 75.1 Å². The van der Waals surface area contributed by atoms with Crippen LogP contribution in [-0.4, -0.2) is 7.25 Å². The second kappa shape index (κ2) is 11.5. The smallest absolute Gasteiger partial charge is 0.418 e. The number of halogens is 5. The van der Waals surface area contributed by atoms with Crippen molar-refractivity contribution in [3.63, 3.8) is 0 Å². The zero-order chi connectivity index (χ0) is 18.7. The van der Waals surface area contributed by atoms with Crippen LogP contribution in [0.5, 0.6) is 0 Å². The Labute approximate surface area is 161 Å². The summed E-state index contributed by atoms with van der Waals surface area (Å²) in [6.07, 6.45) is 6.59. The molecule has 0 saturated heterocycles. The Morgan fingerprint density at radius 1 is 0.800 bits per heavy atom. The van der Waals surface area contributed by atoms with Crippen LogP contribution in [-0.2, 0) is 0 Å². The molecular formula is C19H23BF4I-. The lowest BCUT2D eigenvalue weighted by molar-refractivity contribution is 0.368. The first-order valence-corrected chi connectivity index (χ1v) is 9.57. The van der Waals surface area contributed by atoms with Gasteiger partial charge in [0, 0.05) is 9.49 Å². The van der Waals surface area contributed by atoms with Gasteiger partial charge in [0.25, 0.3) is 0 Å². The summed E-state index contributed by atoms with van der Waals surface area (Å²) < 4.78 is 40.3. The normalized spacial score (nSPS) is 12.2. The van der Waals surface area contributed by atoms with Crippen molar-refractivity contribution in [3.8, 4) is 0 Å².